The average molecular weight is 517 g/mol. The summed E-state index contributed by atoms with van der Waals surface area (Å²) in [5, 5.41) is 7.86. The molecule has 0 unspecified atom stereocenters. The maximum absolute atomic E-state index is 13.0. The Morgan fingerprint density at radius 1 is 0.868 bits per heavy atom. The smallest absolute Gasteiger partial charge is 0.289 e. The predicted molar refractivity (Wildman–Crippen MR) is 142 cm³/mol. The van der Waals surface area contributed by atoms with Crippen molar-refractivity contribution in [1.29, 1.82) is 0 Å². The molecule has 0 bridgehead atoms. The van der Waals surface area contributed by atoms with E-state index >= 15 is 0 Å². The van der Waals surface area contributed by atoms with Gasteiger partial charge >= 0.3 is 0 Å². The first-order valence-corrected chi connectivity index (χ1v) is 12.3. The van der Waals surface area contributed by atoms with Crippen LogP contribution in [0.4, 0.5) is 0 Å². The fourth-order valence-corrected chi connectivity index (χ4v) is 3.70. The molecule has 198 valence electrons. The summed E-state index contributed by atoms with van der Waals surface area (Å²) >= 11 is 0. The predicted octanol–water partition coefficient (Wildman–Crippen LogP) is 2.14. The molecule has 0 saturated heterocycles. The van der Waals surface area contributed by atoms with E-state index in [-0.39, 0.29) is 25.3 Å². The Morgan fingerprint density at radius 3 is 2.24 bits per heavy atom. The SMILES string of the molecule is COc1ccc(CCC(=O)N[C@H](C)C(=O)N[C@H](Cc2ccccc2)C(=O)C(=O)NCc2ccccn2)cc1. The number of rotatable bonds is 13. The van der Waals surface area contributed by atoms with Crippen molar-refractivity contribution in [2.45, 2.75) is 44.8 Å². The number of carbonyl (C=O) groups excluding carboxylic acids is 4. The Balaban J connectivity index is 1.57. The highest BCUT2D eigenvalue weighted by atomic mass is 16.5. The molecule has 38 heavy (non-hydrogen) atoms. The Kier molecular flexibility index (Phi) is 10.5. The number of amides is 3. The van der Waals surface area contributed by atoms with E-state index in [1.165, 1.54) is 6.92 Å². The highest BCUT2D eigenvalue weighted by Crippen LogP contribution is 2.12. The number of benzene rings is 2. The molecular weight excluding hydrogens is 484 g/mol. The molecular formula is C29H32N4O5. The second-order valence-corrected chi connectivity index (χ2v) is 8.76. The lowest BCUT2D eigenvalue weighted by Crippen LogP contribution is -2.53. The third-order valence-corrected chi connectivity index (χ3v) is 5.87. The molecule has 0 radical (unpaired) electrons. The molecule has 1 aromatic heterocycles. The molecule has 9 heteroatoms. The van der Waals surface area contributed by atoms with E-state index in [2.05, 4.69) is 20.9 Å². The molecule has 0 spiro atoms. The molecule has 0 aliphatic rings. The van der Waals surface area contributed by atoms with Crippen LogP contribution in [0.3, 0.4) is 0 Å². The van der Waals surface area contributed by atoms with Crippen LogP contribution in [0.2, 0.25) is 0 Å². The Bertz CT molecular complexity index is 1220. The van der Waals surface area contributed by atoms with Gasteiger partial charge in [-0.1, -0.05) is 48.5 Å². The maximum Gasteiger partial charge on any atom is 0.289 e. The topological polar surface area (TPSA) is 126 Å². The van der Waals surface area contributed by atoms with Crippen molar-refractivity contribution in [1.82, 2.24) is 20.9 Å². The van der Waals surface area contributed by atoms with Crippen LogP contribution in [0.15, 0.2) is 79.0 Å². The van der Waals surface area contributed by atoms with Crippen molar-refractivity contribution in [3.63, 3.8) is 0 Å². The second kappa shape index (κ2) is 14.3. The Morgan fingerprint density at radius 2 is 1.58 bits per heavy atom. The van der Waals surface area contributed by atoms with Gasteiger partial charge in [-0.05, 0) is 48.7 Å². The number of aryl methyl sites for hydroxylation is 1. The Labute approximate surface area is 222 Å². The highest BCUT2D eigenvalue weighted by molar-refractivity contribution is 6.38. The average Bonchev–Trinajstić information content (AvgIpc) is 2.95. The fraction of sp³-hybridized carbons (Fsp3) is 0.276. The first-order chi connectivity index (χ1) is 18.4. The van der Waals surface area contributed by atoms with Gasteiger partial charge < -0.3 is 20.7 Å². The number of hydrogen-bond acceptors (Lipinski definition) is 6. The van der Waals surface area contributed by atoms with E-state index in [4.69, 9.17) is 4.74 Å². The van der Waals surface area contributed by atoms with E-state index in [1.54, 1.807) is 31.5 Å². The number of nitrogens with one attached hydrogen (secondary N) is 3. The van der Waals surface area contributed by atoms with Gasteiger partial charge in [0.25, 0.3) is 5.91 Å². The van der Waals surface area contributed by atoms with Gasteiger partial charge in [-0.3, -0.25) is 24.2 Å². The standard InChI is InChI=1S/C29H32N4O5/c1-20(32-26(34)16-13-21-11-14-24(38-2)15-12-21)28(36)33-25(18-22-8-4-3-5-9-22)27(35)29(37)31-19-23-10-6-7-17-30-23/h3-12,14-15,17,20,25H,13,16,18-19H2,1-2H3,(H,31,37)(H,32,34)(H,33,36)/t20-,25-/m1/s1. The molecule has 0 saturated carbocycles. The highest BCUT2D eigenvalue weighted by Gasteiger charge is 2.29. The van der Waals surface area contributed by atoms with Crippen molar-refractivity contribution in [2.24, 2.45) is 0 Å². The summed E-state index contributed by atoms with van der Waals surface area (Å²) in [7, 11) is 1.58. The number of ketones is 1. The molecule has 0 aliphatic heterocycles. The van der Waals surface area contributed by atoms with Gasteiger partial charge in [0, 0.05) is 19.0 Å². The van der Waals surface area contributed by atoms with Gasteiger partial charge in [-0.25, -0.2) is 0 Å². The molecule has 3 aromatic rings. The minimum Gasteiger partial charge on any atom is -0.497 e. The molecule has 9 nitrogen and oxygen atoms in total. The summed E-state index contributed by atoms with van der Waals surface area (Å²) < 4.78 is 5.13. The maximum atomic E-state index is 13.0. The summed E-state index contributed by atoms with van der Waals surface area (Å²) in [5.41, 5.74) is 2.34. The lowest BCUT2D eigenvalue weighted by atomic mass is 10.0. The van der Waals surface area contributed by atoms with Crippen molar-refractivity contribution in [3.05, 3.63) is 95.8 Å². The summed E-state index contributed by atoms with van der Waals surface area (Å²) in [6, 6.07) is 19.7. The summed E-state index contributed by atoms with van der Waals surface area (Å²) in [6.45, 7) is 1.61. The lowest BCUT2D eigenvalue weighted by Gasteiger charge is -2.21. The zero-order chi connectivity index (χ0) is 27.3. The zero-order valence-electron chi connectivity index (χ0n) is 21.5. The van der Waals surface area contributed by atoms with E-state index in [0.717, 1.165) is 16.9 Å². The van der Waals surface area contributed by atoms with Crippen LogP contribution in [0.1, 0.15) is 30.2 Å². The van der Waals surface area contributed by atoms with E-state index in [9.17, 15) is 19.2 Å². The van der Waals surface area contributed by atoms with Gasteiger partial charge in [0.15, 0.2) is 0 Å². The summed E-state index contributed by atoms with van der Waals surface area (Å²) in [6.07, 6.45) is 2.40. The molecule has 1 heterocycles. The van der Waals surface area contributed by atoms with E-state index in [1.807, 2.05) is 54.6 Å². The molecule has 0 aliphatic carbocycles. The van der Waals surface area contributed by atoms with Crippen molar-refractivity contribution < 1.29 is 23.9 Å². The summed E-state index contributed by atoms with van der Waals surface area (Å²) in [4.78, 5) is 55.1. The molecule has 2 aromatic carbocycles. The van der Waals surface area contributed by atoms with E-state index in [0.29, 0.717) is 12.1 Å². The van der Waals surface area contributed by atoms with E-state index < -0.39 is 29.7 Å². The van der Waals surface area contributed by atoms with Crippen molar-refractivity contribution >= 4 is 23.5 Å². The summed E-state index contributed by atoms with van der Waals surface area (Å²) in [5.74, 6) is -1.74. The third-order valence-electron chi connectivity index (χ3n) is 5.87. The lowest BCUT2D eigenvalue weighted by molar-refractivity contribution is -0.140. The van der Waals surface area contributed by atoms with Gasteiger partial charge in [0.1, 0.15) is 17.8 Å². The minimum absolute atomic E-state index is 0.0814. The number of hydrogen-bond donors (Lipinski definition) is 3. The van der Waals surface area contributed by atoms with Gasteiger partial charge in [-0.15, -0.1) is 0 Å². The molecule has 3 rings (SSSR count). The fourth-order valence-electron chi connectivity index (χ4n) is 3.70. The first kappa shape index (κ1) is 28.0. The van der Waals surface area contributed by atoms with Gasteiger partial charge in [0.05, 0.1) is 19.3 Å². The molecule has 3 N–H and O–H groups in total. The van der Waals surface area contributed by atoms with Gasteiger partial charge in [0.2, 0.25) is 17.6 Å². The largest absolute Gasteiger partial charge is 0.497 e. The van der Waals surface area contributed by atoms with Crippen LogP contribution in [0.25, 0.3) is 0 Å². The zero-order valence-corrected chi connectivity index (χ0v) is 21.5. The molecule has 3 amide bonds. The van der Waals surface area contributed by atoms with Crippen LogP contribution in [0, 0.1) is 0 Å². The quantitative estimate of drug-likeness (QED) is 0.299. The number of nitrogens with zero attached hydrogens (tertiary/aromatic N) is 1. The number of Topliss-reactive ketones (excluding diaryl/α,β-unsaturated/α-hetero) is 1. The van der Waals surface area contributed by atoms with Crippen molar-refractivity contribution in [3.8, 4) is 5.75 Å². The molecule has 0 fully saturated rings. The first-order valence-electron chi connectivity index (χ1n) is 12.3. The van der Waals surface area contributed by atoms with Crippen LogP contribution in [-0.4, -0.2) is 47.7 Å². The van der Waals surface area contributed by atoms with Crippen molar-refractivity contribution in [2.75, 3.05) is 7.11 Å². The third kappa shape index (κ3) is 8.85. The van der Waals surface area contributed by atoms with Gasteiger partial charge in [-0.2, -0.15) is 0 Å². The number of methoxy groups -OCH3 is 1. The number of carbonyl (C=O) groups is 4. The number of ether oxygens (including phenoxy) is 1. The van der Waals surface area contributed by atoms with Crippen LogP contribution in [-0.2, 0) is 38.6 Å². The van der Waals surface area contributed by atoms with Crippen LogP contribution >= 0.6 is 0 Å². The second-order valence-electron chi connectivity index (χ2n) is 8.76. The number of aromatic nitrogens is 1. The van der Waals surface area contributed by atoms with Crippen LogP contribution in [0.5, 0.6) is 5.75 Å². The minimum atomic E-state index is -1.10. The normalized spacial score (nSPS) is 12.1. The number of pyridine rings is 1. The monoisotopic (exact) mass is 516 g/mol. The van der Waals surface area contributed by atoms with Crippen LogP contribution < -0.4 is 20.7 Å². The molecule has 2 atom stereocenters. The Hall–Kier alpha value is -4.53.